The lowest BCUT2D eigenvalue weighted by Crippen LogP contribution is -2.39. The molecule has 0 unspecified atom stereocenters. The van der Waals surface area contributed by atoms with Crippen molar-refractivity contribution < 1.29 is 4.79 Å². The average molecular weight is 385 g/mol. The van der Waals surface area contributed by atoms with E-state index in [9.17, 15) is 4.79 Å². The van der Waals surface area contributed by atoms with Gasteiger partial charge in [0.25, 0.3) is 5.91 Å². The summed E-state index contributed by atoms with van der Waals surface area (Å²) >= 11 is 0. The first-order valence-electron chi connectivity index (χ1n) is 10.0. The normalized spacial score (nSPS) is 15.1. The molecule has 0 spiro atoms. The van der Waals surface area contributed by atoms with Crippen molar-refractivity contribution in [1.82, 2.24) is 24.2 Å². The number of carbonyl (C=O) groups excluding carboxylic acids is 1. The summed E-state index contributed by atoms with van der Waals surface area (Å²) in [5.41, 5.74) is 3.11. The van der Waals surface area contributed by atoms with E-state index < -0.39 is 0 Å². The molecule has 1 aliphatic rings. The number of fused-ring (bicyclic) bond motifs is 1. The fourth-order valence-corrected chi connectivity index (χ4v) is 4.24. The van der Waals surface area contributed by atoms with Gasteiger partial charge in [-0.05, 0) is 24.5 Å². The predicted octanol–water partition coefficient (Wildman–Crippen LogP) is 3.76. The highest BCUT2D eigenvalue weighted by Gasteiger charge is 2.27. The number of hydrogen-bond donors (Lipinski definition) is 0. The van der Waals surface area contributed by atoms with Crippen molar-refractivity contribution in [2.24, 2.45) is 0 Å². The molecule has 0 aliphatic carbocycles. The number of para-hydroxylation sites is 1. The Labute approximate surface area is 169 Å². The summed E-state index contributed by atoms with van der Waals surface area (Å²) in [5.74, 6) is 0.116. The van der Waals surface area contributed by atoms with Gasteiger partial charge in [-0.25, -0.2) is 9.67 Å². The Balaban J connectivity index is 1.39. The molecule has 0 bridgehead atoms. The van der Waals surface area contributed by atoms with E-state index in [4.69, 9.17) is 0 Å². The quantitative estimate of drug-likeness (QED) is 0.537. The standard InChI is InChI=1S/C23H23N5O/c29-23(26-12-10-19(11-13-26)28-17-24-16-25-28)21-15-27(14-18-6-2-1-3-7-18)22-9-5-4-8-20(21)22/h1-9,15-17,19H,10-14H2. The maximum absolute atomic E-state index is 13.4. The number of piperidine rings is 1. The van der Waals surface area contributed by atoms with Crippen molar-refractivity contribution in [2.75, 3.05) is 13.1 Å². The lowest BCUT2D eigenvalue weighted by Gasteiger charge is -2.31. The molecule has 0 N–H and O–H groups in total. The van der Waals surface area contributed by atoms with Gasteiger partial charge in [0.05, 0.1) is 11.6 Å². The molecule has 0 radical (unpaired) electrons. The zero-order valence-corrected chi connectivity index (χ0v) is 16.2. The molecule has 1 saturated heterocycles. The van der Waals surface area contributed by atoms with E-state index in [1.54, 1.807) is 12.7 Å². The highest BCUT2D eigenvalue weighted by molar-refractivity contribution is 6.07. The van der Waals surface area contributed by atoms with Gasteiger partial charge in [-0.15, -0.1) is 0 Å². The fourth-order valence-electron chi connectivity index (χ4n) is 4.24. The van der Waals surface area contributed by atoms with E-state index in [0.29, 0.717) is 6.04 Å². The minimum Gasteiger partial charge on any atom is -0.342 e. The molecule has 2 aromatic carbocycles. The van der Waals surface area contributed by atoms with Crippen molar-refractivity contribution >= 4 is 16.8 Å². The Morgan fingerprint density at radius 2 is 1.76 bits per heavy atom. The minimum absolute atomic E-state index is 0.116. The summed E-state index contributed by atoms with van der Waals surface area (Å²) in [5, 5.41) is 5.27. The zero-order valence-electron chi connectivity index (χ0n) is 16.2. The molecule has 29 heavy (non-hydrogen) atoms. The van der Waals surface area contributed by atoms with E-state index in [0.717, 1.165) is 48.9 Å². The zero-order chi connectivity index (χ0) is 19.6. The van der Waals surface area contributed by atoms with Crippen LogP contribution in [0.1, 0.15) is 34.8 Å². The molecule has 6 heteroatoms. The van der Waals surface area contributed by atoms with Gasteiger partial charge in [-0.1, -0.05) is 48.5 Å². The fraction of sp³-hybridized carbons (Fsp3) is 0.261. The Kier molecular flexibility index (Phi) is 4.60. The molecule has 146 valence electrons. The highest BCUT2D eigenvalue weighted by atomic mass is 16.2. The van der Waals surface area contributed by atoms with Gasteiger partial charge in [-0.3, -0.25) is 4.79 Å². The average Bonchev–Trinajstić information content (AvgIpc) is 3.43. The second kappa shape index (κ2) is 7.54. The molecule has 6 nitrogen and oxygen atoms in total. The summed E-state index contributed by atoms with van der Waals surface area (Å²) in [6.07, 6.45) is 7.15. The number of likely N-dealkylation sites (tertiary alicyclic amines) is 1. The molecular formula is C23H23N5O. The van der Waals surface area contributed by atoms with Crippen LogP contribution in [-0.4, -0.2) is 43.2 Å². The summed E-state index contributed by atoms with van der Waals surface area (Å²) in [6, 6.07) is 18.8. The number of amides is 1. The third-order valence-corrected chi connectivity index (χ3v) is 5.78. The Hall–Kier alpha value is -3.41. The van der Waals surface area contributed by atoms with Crippen LogP contribution in [0, 0.1) is 0 Å². The van der Waals surface area contributed by atoms with E-state index >= 15 is 0 Å². The summed E-state index contributed by atoms with van der Waals surface area (Å²) < 4.78 is 4.09. The van der Waals surface area contributed by atoms with Crippen molar-refractivity contribution in [1.29, 1.82) is 0 Å². The van der Waals surface area contributed by atoms with Crippen LogP contribution in [0.25, 0.3) is 10.9 Å². The largest absolute Gasteiger partial charge is 0.342 e. The minimum atomic E-state index is 0.116. The summed E-state index contributed by atoms with van der Waals surface area (Å²) in [7, 11) is 0. The third kappa shape index (κ3) is 3.42. The molecule has 3 heterocycles. The van der Waals surface area contributed by atoms with Crippen LogP contribution in [0.3, 0.4) is 0 Å². The maximum atomic E-state index is 13.4. The summed E-state index contributed by atoms with van der Waals surface area (Å²) in [6.45, 7) is 2.23. The monoisotopic (exact) mass is 385 g/mol. The molecule has 1 fully saturated rings. The van der Waals surface area contributed by atoms with Crippen LogP contribution in [0.2, 0.25) is 0 Å². The SMILES string of the molecule is O=C(c1cn(Cc2ccccc2)c2ccccc12)N1CCC(n2cncn2)CC1. The van der Waals surface area contributed by atoms with Crippen LogP contribution >= 0.6 is 0 Å². The van der Waals surface area contributed by atoms with E-state index in [1.807, 2.05) is 52.2 Å². The number of benzene rings is 2. The smallest absolute Gasteiger partial charge is 0.256 e. The number of carbonyl (C=O) groups is 1. The molecular weight excluding hydrogens is 362 g/mol. The first-order valence-corrected chi connectivity index (χ1v) is 10.0. The summed E-state index contributed by atoms with van der Waals surface area (Å²) in [4.78, 5) is 19.4. The number of aromatic nitrogens is 4. The van der Waals surface area contributed by atoms with Gasteiger partial charge < -0.3 is 9.47 Å². The van der Waals surface area contributed by atoms with Crippen LogP contribution in [0.4, 0.5) is 0 Å². The second-order valence-corrected chi connectivity index (χ2v) is 7.57. The lowest BCUT2D eigenvalue weighted by molar-refractivity contribution is 0.0691. The molecule has 5 rings (SSSR count). The Bertz CT molecular complexity index is 1110. The number of hydrogen-bond acceptors (Lipinski definition) is 3. The Morgan fingerprint density at radius 3 is 2.52 bits per heavy atom. The number of nitrogens with zero attached hydrogens (tertiary/aromatic N) is 5. The van der Waals surface area contributed by atoms with E-state index in [-0.39, 0.29) is 5.91 Å². The lowest BCUT2D eigenvalue weighted by atomic mass is 10.0. The first-order chi connectivity index (χ1) is 14.3. The van der Waals surface area contributed by atoms with Crippen molar-refractivity contribution in [3.05, 3.63) is 84.6 Å². The van der Waals surface area contributed by atoms with Crippen LogP contribution in [0.15, 0.2) is 73.4 Å². The van der Waals surface area contributed by atoms with Gasteiger partial charge in [0.1, 0.15) is 12.7 Å². The first kappa shape index (κ1) is 17.7. The third-order valence-electron chi connectivity index (χ3n) is 5.78. The maximum Gasteiger partial charge on any atom is 0.256 e. The second-order valence-electron chi connectivity index (χ2n) is 7.57. The van der Waals surface area contributed by atoms with E-state index in [1.165, 1.54) is 5.56 Å². The molecule has 1 aliphatic heterocycles. The molecule has 1 amide bonds. The van der Waals surface area contributed by atoms with Gasteiger partial charge in [0.15, 0.2) is 0 Å². The molecule has 4 aromatic rings. The van der Waals surface area contributed by atoms with Gasteiger partial charge >= 0.3 is 0 Å². The van der Waals surface area contributed by atoms with Gasteiger partial charge in [-0.2, -0.15) is 5.10 Å². The van der Waals surface area contributed by atoms with Crippen molar-refractivity contribution in [3.63, 3.8) is 0 Å². The number of rotatable bonds is 4. The van der Waals surface area contributed by atoms with Crippen molar-refractivity contribution in [2.45, 2.75) is 25.4 Å². The van der Waals surface area contributed by atoms with E-state index in [2.05, 4.69) is 32.8 Å². The highest BCUT2D eigenvalue weighted by Crippen LogP contribution is 2.27. The predicted molar refractivity (Wildman–Crippen MR) is 112 cm³/mol. The van der Waals surface area contributed by atoms with Gasteiger partial charge in [0.2, 0.25) is 0 Å². The molecule has 0 saturated carbocycles. The molecule has 2 aromatic heterocycles. The van der Waals surface area contributed by atoms with Crippen molar-refractivity contribution in [3.8, 4) is 0 Å². The topological polar surface area (TPSA) is 56.0 Å². The molecule has 0 atom stereocenters. The van der Waals surface area contributed by atoms with Gasteiger partial charge in [0, 0.05) is 36.7 Å². The van der Waals surface area contributed by atoms with Crippen LogP contribution in [-0.2, 0) is 6.54 Å². The van der Waals surface area contributed by atoms with Crippen LogP contribution in [0.5, 0.6) is 0 Å². The van der Waals surface area contributed by atoms with Crippen LogP contribution < -0.4 is 0 Å². The Morgan fingerprint density at radius 1 is 1.00 bits per heavy atom.